The van der Waals surface area contributed by atoms with E-state index in [1.807, 2.05) is 0 Å². The van der Waals surface area contributed by atoms with Gasteiger partial charge in [-0.3, -0.25) is 0 Å². The molecule has 0 heteroatoms. The summed E-state index contributed by atoms with van der Waals surface area (Å²) >= 11 is 0. The zero-order valence-electron chi connectivity index (χ0n) is 36.5. The molecule has 8 aromatic rings. The molecular formula is C60H56. The van der Waals surface area contributed by atoms with Gasteiger partial charge in [0.2, 0.25) is 0 Å². The molecule has 0 radical (unpaired) electrons. The van der Waals surface area contributed by atoms with Crippen molar-refractivity contribution in [3.8, 4) is 0 Å². The third-order valence-electron chi connectivity index (χ3n) is 13.6. The average Bonchev–Trinajstić information content (AvgIpc) is 3.25. The molecular weight excluding hydrogens is 721 g/mol. The number of hydrogen-bond donors (Lipinski definition) is 0. The SMILES string of the molecule is Cc1cc(C)c2cc1C(c1ccccc1)c1cc(c(C)cc1C)C(c1ccccc1)c1cc(c(C)cc1C)C(c1ccccc1)c1cc(c(C)cc1C)C2c1ccccc1. The van der Waals surface area contributed by atoms with Gasteiger partial charge in [-0.05, 0) is 167 Å². The molecule has 0 unspecified atom stereocenters. The topological polar surface area (TPSA) is 0 Å². The molecule has 0 saturated heterocycles. The monoisotopic (exact) mass is 776 g/mol. The van der Waals surface area contributed by atoms with Crippen molar-refractivity contribution in [1.82, 2.24) is 0 Å². The van der Waals surface area contributed by atoms with Crippen LogP contribution in [0.4, 0.5) is 0 Å². The van der Waals surface area contributed by atoms with Gasteiger partial charge in [0.25, 0.3) is 0 Å². The van der Waals surface area contributed by atoms with Crippen LogP contribution in [-0.2, 0) is 0 Å². The Morgan fingerprint density at radius 3 is 0.500 bits per heavy atom. The molecule has 1 aliphatic carbocycles. The summed E-state index contributed by atoms with van der Waals surface area (Å²) in [4.78, 5) is 0. The molecule has 0 amide bonds. The van der Waals surface area contributed by atoms with Gasteiger partial charge >= 0.3 is 0 Å². The van der Waals surface area contributed by atoms with Crippen LogP contribution in [0.5, 0.6) is 0 Å². The lowest BCUT2D eigenvalue weighted by atomic mass is 9.72. The van der Waals surface area contributed by atoms with Gasteiger partial charge in [0, 0.05) is 23.7 Å². The molecule has 8 bridgehead atoms. The lowest BCUT2D eigenvalue weighted by molar-refractivity contribution is 0.873. The molecule has 0 heterocycles. The second kappa shape index (κ2) is 16.1. The van der Waals surface area contributed by atoms with Crippen LogP contribution in [0.15, 0.2) is 170 Å². The molecule has 0 aromatic heterocycles. The lowest BCUT2D eigenvalue weighted by Gasteiger charge is -2.32. The Labute approximate surface area is 358 Å². The van der Waals surface area contributed by atoms with Crippen LogP contribution in [0.25, 0.3) is 0 Å². The summed E-state index contributed by atoms with van der Waals surface area (Å²) in [5, 5.41) is 0. The number of hydrogen-bond acceptors (Lipinski definition) is 0. The van der Waals surface area contributed by atoms with E-state index in [0.717, 1.165) is 0 Å². The number of fused-ring (bicyclic) bond motifs is 8. The Morgan fingerprint density at radius 1 is 0.200 bits per heavy atom. The van der Waals surface area contributed by atoms with Crippen LogP contribution in [0.1, 0.15) is 135 Å². The second-order valence-electron chi connectivity index (χ2n) is 17.6. The Balaban J connectivity index is 1.47. The van der Waals surface area contributed by atoms with E-state index < -0.39 is 0 Å². The third kappa shape index (κ3) is 7.03. The Morgan fingerprint density at radius 2 is 0.350 bits per heavy atom. The fourth-order valence-electron chi connectivity index (χ4n) is 10.7. The first kappa shape index (κ1) is 39.2. The van der Waals surface area contributed by atoms with Crippen molar-refractivity contribution in [2.24, 2.45) is 0 Å². The van der Waals surface area contributed by atoms with Crippen LogP contribution >= 0.6 is 0 Å². The first-order valence-electron chi connectivity index (χ1n) is 21.7. The average molecular weight is 777 g/mol. The molecule has 0 saturated carbocycles. The number of rotatable bonds is 4. The van der Waals surface area contributed by atoms with Crippen LogP contribution in [0, 0.1) is 55.4 Å². The summed E-state index contributed by atoms with van der Waals surface area (Å²) in [6.07, 6.45) is 0. The van der Waals surface area contributed by atoms with Gasteiger partial charge in [-0.25, -0.2) is 0 Å². The van der Waals surface area contributed by atoms with E-state index in [9.17, 15) is 0 Å². The molecule has 9 rings (SSSR count). The van der Waals surface area contributed by atoms with Crippen LogP contribution in [-0.4, -0.2) is 0 Å². The molecule has 8 aromatic carbocycles. The van der Waals surface area contributed by atoms with Gasteiger partial charge in [-0.2, -0.15) is 0 Å². The molecule has 296 valence electrons. The van der Waals surface area contributed by atoms with E-state index in [4.69, 9.17) is 0 Å². The van der Waals surface area contributed by atoms with Crippen molar-refractivity contribution < 1.29 is 0 Å². The Hall–Kier alpha value is -6.24. The molecule has 0 N–H and O–H groups in total. The highest BCUT2D eigenvalue weighted by molar-refractivity contribution is 5.62. The molecule has 0 atom stereocenters. The first-order valence-corrected chi connectivity index (χ1v) is 21.7. The third-order valence-corrected chi connectivity index (χ3v) is 13.6. The maximum Gasteiger partial charge on any atom is 0.0345 e. The maximum atomic E-state index is 2.59. The van der Waals surface area contributed by atoms with Gasteiger partial charge in [0.05, 0.1) is 0 Å². The number of benzene rings is 8. The zero-order chi connectivity index (χ0) is 41.7. The summed E-state index contributed by atoms with van der Waals surface area (Å²) < 4.78 is 0. The summed E-state index contributed by atoms with van der Waals surface area (Å²) in [7, 11) is 0. The smallest absolute Gasteiger partial charge is 0.0345 e. The normalized spacial score (nSPS) is 17.3. The summed E-state index contributed by atoms with van der Waals surface area (Å²) in [6.45, 7) is 18.6. The predicted molar refractivity (Wildman–Crippen MR) is 253 cm³/mol. The molecule has 0 nitrogen and oxygen atoms in total. The minimum atomic E-state index is 0.0393. The maximum absolute atomic E-state index is 2.59. The van der Waals surface area contributed by atoms with Crippen LogP contribution < -0.4 is 0 Å². The summed E-state index contributed by atoms with van der Waals surface area (Å²) in [5.74, 6) is 0.157. The molecule has 0 fully saturated rings. The van der Waals surface area contributed by atoms with Crippen molar-refractivity contribution in [3.05, 3.63) is 281 Å². The fraction of sp³-hybridized carbons (Fsp3) is 0.200. The summed E-state index contributed by atoms with van der Waals surface area (Å²) in [5.41, 5.74) is 26.8. The Bertz CT molecular complexity index is 2330. The Kier molecular flexibility index (Phi) is 10.5. The zero-order valence-corrected chi connectivity index (χ0v) is 36.5. The quantitative estimate of drug-likeness (QED) is 0.167. The molecule has 0 aliphatic heterocycles. The predicted octanol–water partition coefficient (Wildman–Crippen LogP) is 15.2. The van der Waals surface area contributed by atoms with E-state index in [1.54, 1.807) is 0 Å². The number of aryl methyl sites for hydroxylation is 8. The minimum absolute atomic E-state index is 0.0393. The van der Waals surface area contributed by atoms with Gasteiger partial charge in [0.15, 0.2) is 0 Å². The van der Waals surface area contributed by atoms with E-state index >= 15 is 0 Å². The van der Waals surface area contributed by atoms with Crippen LogP contribution in [0.3, 0.4) is 0 Å². The molecule has 0 spiro atoms. The fourth-order valence-corrected chi connectivity index (χ4v) is 10.7. The second-order valence-corrected chi connectivity index (χ2v) is 17.6. The van der Waals surface area contributed by atoms with Gasteiger partial charge < -0.3 is 0 Å². The van der Waals surface area contributed by atoms with Gasteiger partial charge in [0.1, 0.15) is 0 Å². The largest absolute Gasteiger partial charge is 0.0622 e. The van der Waals surface area contributed by atoms with Gasteiger partial charge in [-0.1, -0.05) is 170 Å². The van der Waals surface area contributed by atoms with Crippen molar-refractivity contribution in [2.45, 2.75) is 79.1 Å². The van der Waals surface area contributed by atoms with Crippen molar-refractivity contribution in [2.75, 3.05) is 0 Å². The van der Waals surface area contributed by atoms with Crippen molar-refractivity contribution in [3.63, 3.8) is 0 Å². The summed E-state index contributed by atoms with van der Waals surface area (Å²) in [6, 6.07) is 65.1. The minimum Gasteiger partial charge on any atom is -0.0622 e. The van der Waals surface area contributed by atoms with E-state index in [-0.39, 0.29) is 23.7 Å². The van der Waals surface area contributed by atoms with E-state index in [0.29, 0.717) is 0 Å². The highest BCUT2D eigenvalue weighted by Crippen LogP contribution is 2.47. The van der Waals surface area contributed by atoms with E-state index in [1.165, 1.54) is 111 Å². The highest BCUT2D eigenvalue weighted by atomic mass is 14.3. The van der Waals surface area contributed by atoms with Crippen molar-refractivity contribution in [1.29, 1.82) is 0 Å². The molecule has 60 heavy (non-hydrogen) atoms. The van der Waals surface area contributed by atoms with Gasteiger partial charge in [-0.15, -0.1) is 0 Å². The standard InChI is InChI=1S/C60H56/c1-37-29-38(2)50-33-49(37)57(45-21-13-9-14-22-45)51-34-52(40(4)30-39(51)3)59(47-25-17-11-18-26-47)55-36-56(44(8)32-43(55)7)60(48-27-19-12-20-28-48)54-35-53(41(5)31-42(54)6)58(50)46-23-15-10-16-24-46/h9-36,57-60H,1-8H3. The van der Waals surface area contributed by atoms with E-state index in [2.05, 4.69) is 225 Å². The highest BCUT2D eigenvalue weighted by Gasteiger charge is 2.31. The van der Waals surface area contributed by atoms with Crippen molar-refractivity contribution >= 4 is 0 Å². The molecule has 1 aliphatic rings. The first-order chi connectivity index (χ1) is 29.1. The lowest BCUT2D eigenvalue weighted by Crippen LogP contribution is -2.16. The van der Waals surface area contributed by atoms with Crippen LogP contribution in [0.2, 0.25) is 0 Å².